The molecule has 2 fully saturated rings. The highest BCUT2D eigenvalue weighted by Crippen LogP contribution is 2.64. The third-order valence-electron chi connectivity index (χ3n) is 6.41. The van der Waals surface area contributed by atoms with Crippen molar-refractivity contribution in [2.45, 2.75) is 25.7 Å². The van der Waals surface area contributed by atoms with Crippen LogP contribution < -0.4 is 0 Å². The first-order valence-corrected chi connectivity index (χ1v) is 8.78. The van der Waals surface area contributed by atoms with Gasteiger partial charge in [-0.3, -0.25) is 0 Å². The molecule has 2 bridgehead atoms. The van der Waals surface area contributed by atoms with Crippen LogP contribution in [-0.4, -0.2) is 0 Å². The van der Waals surface area contributed by atoms with Gasteiger partial charge in [0.05, 0.1) is 0 Å². The summed E-state index contributed by atoms with van der Waals surface area (Å²) < 4.78 is 0. The summed E-state index contributed by atoms with van der Waals surface area (Å²) in [7, 11) is 0. The standard InChI is InChI=1S/C22H22/c1-3-7-15(8-4-1)21-19-13-14-20(18-12-11-17(18)19)22(21)16-9-5-2-6-10-16/h1-10,17-20H,11-14H2. The minimum absolute atomic E-state index is 0.807. The van der Waals surface area contributed by atoms with E-state index in [2.05, 4.69) is 60.7 Å². The molecule has 4 aliphatic carbocycles. The van der Waals surface area contributed by atoms with E-state index in [1.165, 1.54) is 36.8 Å². The molecule has 0 nitrogen and oxygen atoms in total. The highest BCUT2D eigenvalue weighted by Gasteiger charge is 2.52. The predicted octanol–water partition coefficient (Wildman–Crippen LogP) is 5.66. The van der Waals surface area contributed by atoms with Crippen molar-refractivity contribution in [3.8, 4) is 0 Å². The van der Waals surface area contributed by atoms with Crippen molar-refractivity contribution in [2.24, 2.45) is 23.7 Å². The first-order chi connectivity index (χ1) is 10.9. The SMILES string of the molecule is c1ccc(C2=C(c3ccccc3)C3CCC2C2CCC32)cc1. The van der Waals surface area contributed by atoms with E-state index in [-0.39, 0.29) is 0 Å². The van der Waals surface area contributed by atoms with E-state index in [1.54, 1.807) is 11.1 Å². The highest BCUT2D eigenvalue weighted by atomic mass is 14.6. The molecule has 4 unspecified atom stereocenters. The molecule has 2 aromatic carbocycles. The van der Waals surface area contributed by atoms with Crippen molar-refractivity contribution in [3.63, 3.8) is 0 Å². The zero-order chi connectivity index (χ0) is 14.5. The average Bonchev–Trinajstić information content (AvgIpc) is 2.55. The van der Waals surface area contributed by atoms with Crippen LogP contribution in [0.4, 0.5) is 0 Å². The molecule has 4 aliphatic rings. The Morgan fingerprint density at radius 3 is 1.27 bits per heavy atom. The van der Waals surface area contributed by atoms with Crippen LogP contribution in [0.15, 0.2) is 60.7 Å². The van der Waals surface area contributed by atoms with Crippen LogP contribution in [0, 0.1) is 23.7 Å². The molecule has 2 saturated carbocycles. The maximum absolute atomic E-state index is 2.33. The molecule has 0 N–H and O–H groups in total. The fourth-order valence-corrected chi connectivity index (χ4v) is 5.43. The number of hydrogen-bond acceptors (Lipinski definition) is 0. The summed E-state index contributed by atoms with van der Waals surface area (Å²) in [5.74, 6) is 3.56. The molecule has 22 heavy (non-hydrogen) atoms. The summed E-state index contributed by atoms with van der Waals surface area (Å²) in [5.41, 5.74) is 6.32. The lowest BCUT2D eigenvalue weighted by Crippen LogP contribution is -2.46. The van der Waals surface area contributed by atoms with Gasteiger partial charge in [0.2, 0.25) is 0 Å². The van der Waals surface area contributed by atoms with Crippen LogP contribution in [0.1, 0.15) is 36.8 Å². The Morgan fingerprint density at radius 1 is 0.500 bits per heavy atom. The van der Waals surface area contributed by atoms with Crippen LogP contribution in [0.5, 0.6) is 0 Å². The minimum Gasteiger partial charge on any atom is -0.0622 e. The van der Waals surface area contributed by atoms with E-state index < -0.39 is 0 Å². The van der Waals surface area contributed by atoms with E-state index in [0.717, 1.165) is 23.7 Å². The molecule has 0 amide bonds. The number of benzene rings is 2. The topological polar surface area (TPSA) is 0 Å². The zero-order valence-electron chi connectivity index (χ0n) is 12.9. The second kappa shape index (κ2) is 4.84. The van der Waals surface area contributed by atoms with E-state index >= 15 is 0 Å². The summed E-state index contributed by atoms with van der Waals surface area (Å²) in [6, 6.07) is 22.4. The number of rotatable bonds is 2. The molecule has 0 aliphatic heterocycles. The molecule has 0 radical (unpaired) electrons. The summed E-state index contributed by atoms with van der Waals surface area (Å²) >= 11 is 0. The van der Waals surface area contributed by atoms with Crippen molar-refractivity contribution in [3.05, 3.63) is 71.8 Å². The van der Waals surface area contributed by atoms with Crippen LogP contribution in [0.25, 0.3) is 11.1 Å². The molecular weight excluding hydrogens is 264 g/mol. The minimum atomic E-state index is 0.807. The van der Waals surface area contributed by atoms with E-state index in [1.807, 2.05) is 0 Å². The van der Waals surface area contributed by atoms with Crippen LogP contribution in [0.3, 0.4) is 0 Å². The molecular formula is C22H22. The molecule has 110 valence electrons. The molecule has 2 aromatic rings. The molecule has 0 spiro atoms. The molecule has 0 aromatic heterocycles. The van der Waals surface area contributed by atoms with Gasteiger partial charge in [-0.05, 0) is 71.6 Å². The van der Waals surface area contributed by atoms with Gasteiger partial charge in [0.15, 0.2) is 0 Å². The Hall–Kier alpha value is -1.82. The summed E-state index contributed by atoms with van der Waals surface area (Å²) in [6.07, 6.45) is 5.74. The Bertz CT molecular complexity index is 647. The number of hydrogen-bond donors (Lipinski definition) is 0. The second-order valence-corrected chi connectivity index (χ2v) is 7.25. The molecule has 6 rings (SSSR count). The fourth-order valence-electron chi connectivity index (χ4n) is 5.43. The third-order valence-corrected chi connectivity index (χ3v) is 6.41. The van der Waals surface area contributed by atoms with E-state index in [9.17, 15) is 0 Å². The van der Waals surface area contributed by atoms with Crippen molar-refractivity contribution < 1.29 is 0 Å². The van der Waals surface area contributed by atoms with E-state index in [0.29, 0.717) is 0 Å². The van der Waals surface area contributed by atoms with Crippen LogP contribution >= 0.6 is 0 Å². The maximum atomic E-state index is 2.33. The maximum Gasteiger partial charge on any atom is -0.0122 e. The highest BCUT2D eigenvalue weighted by molar-refractivity contribution is 5.95. The first-order valence-electron chi connectivity index (χ1n) is 8.78. The lowest BCUT2D eigenvalue weighted by atomic mass is 9.47. The fraction of sp³-hybridized carbons (Fsp3) is 0.364. The normalized spacial score (nSPS) is 32.5. The lowest BCUT2D eigenvalue weighted by molar-refractivity contribution is 0.0393. The van der Waals surface area contributed by atoms with Crippen molar-refractivity contribution in [1.29, 1.82) is 0 Å². The quantitative estimate of drug-likeness (QED) is 0.668. The molecule has 0 heterocycles. The Labute approximate surface area is 132 Å². The van der Waals surface area contributed by atoms with Crippen molar-refractivity contribution in [1.82, 2.24) is 0 Å². The summed E-state index contributed by atoms with van der Waals surface area (Å²) in [5, 5.41) is 0. The largest absolute Gasteiger partial charge is 0.0622 e. The van der Waals surface area contributed by atoms with Crippen molar-refractivity contribution >= 4 is 11.1 Å². The average molecular weight is 286 g/mol. The van der Waals surface area contributed by atoms with Gasteiger partial charge >= 0.3 is 0 Å². The molecule has 0 saturated heterocycles. The van der Waals surface area contributed by atoms with Crippen LogP contribution in [-0.2, 0) is 0 Å². The summed E-state index contributed by atoms with van der Waals surface area (Å²) in [4.78, 5) is 0. The van der Waals surface area contributed by atoms with Gasteiger partial charge in [-0.2, -0.15) is 0 Å². The predicted molar refractivity (Wildman–Crippen MR) is 92.1 cm³/mol. The third kappa shape index (κ3) is 1.70. The first kappa shape index (κ1) is 12.7. The van der Waals surface area contributed by atoms with Gasteiger partial charge < -0.3 is 0 Å². The van der Waals surface area contributed by atoms with Gasteiger partial charge in [0, 0.05) is 0 Å². The lowest BCUT2D eigenvalue weighted by Gasteiger charge is -2.57. The molecule has 4 atom stereocenters. The monoisotopic (exact) mass is 286 g/mol. The second-order valence-electron chi connectivity index (χ2n) is 7.25. The zero-order valence-corrected chi connectivity index (χ0v) is 12.9. The summed E-state index contributed by atoms with van der Waals surface area (Å²) in [6.45, 7) is 0. The molecule has 0 heteroatoms. The smallest absolute Gasteiger partial charge is 0.0122 e. The Balaban J connectivity index is 1.75. The Morgan fingerprint density at radius 2 is 0.909 bits per heavy atom. The van der Waals surface area contributed by atoms with Gasteiger partial charge in [-0.1, -0.05) is 60.7 Å². The van der Waals surface area contributed by atoms with Gasteiger partial charge in [0.1, 0.15) is 0 Å². The van der Waals surface area contributed by atoms with Gasteiger partial charge in [-0.25, -0.2) is 0 Å². The van der Waals surface area contributed by atoms with Crippen molar-refractivity contribution in [2.75, 3.05) is 0 Å². The van der Waals surface area contributed by atoms with Crippen LogP contribution in [0.2, 0.25) is 0 Å². The van der Waals surface area contributed by atoms with Gasteiger partial charge in [0.25, 0.3) is 0 Å². The number of allylic oxidation sites excluding steroid dienone is 2. The Kier molecular flexibility index (Phi) is 2.80. The number of fused-ring (bicyclic) bond motifs is 1. The van der Waals surface area contributed by atoms with E-state index in [4.69, 9.17) is 0 Å². The van der Waals surface area contributed by atoms with Gasteiger partial charge in [-0.15, -0.1) is 0 Å².